The largest absolute Gasteiger partial charge is 0.225 e. The summed E-state index contributed by atoms with van der Waals surface area (Å²) in [6.45, 7) is 6.18. The number of allylic oxidation sites excluding steroid dienone is 2. The zero-order valence-electron chi connectivity index (χ0n) is 6.13. The summed E-state index contributed by atoms with van der Waals surface area (Å²) in [5.41, 5.74) is 0.951. The molecule has 0 N–H and O–H groups in total. The van der Waals surface area contributed by atoms with Gasteiger partial charge in [-0.05, 0) is 31.7 Å². The molecular weight excluding hydrogens is 130 g/mol. The van der Waals surface area contributed by atoms with Crippen LogP contribution >= 0.6 is 12.8 Å². The Kier molecular flexibility index (Phi) is 4.50. The van der Waals surface area contributed by atoms with Gasteiger partial charge in [0.05, 0.1) is 0 Å². The van der Waals surface area contributed by atoms with Gasteiger partial charge >= 0.3 is 0 Å². The summed E-state index contributed by atoms with van der Waals surface area (Å²) in [5.74, 6) is 0.593. The van der Waals surface area contributed by atoms with Gasteiger partial charge in [-0.2, -0.15) is 0 Å². The van der Waals surface area contributed by atoms with E-state index in [0.29, 0.717) is 5.92 Å². The maximum atomic E-state index is 3.75. The summed E-state index contributed by atoms with van der Waals surface area (Å²) in [6, 6.07) is 0. The topological polar surface area (TPSA) is 12.4 Å². The second kappa shape index (κ2) is 4.62. The molecule has 0 rings (SSSR count). The molecule has 0 saturated heterocycles. The van der Waals surface area contributed by atoms with E-state index in [1.54, 1.807) is 0 Å². The summed E-state index contributed by atoms with van der Waals surface area (Å²) in [7, 11) is 0. The molecule has 9 heavy (non-hydrogen) atoms. The summed E-state index contributed by atoms with van der Waals surface area (Å²) < 4.78 is 3.68. The van der Waals surface area contributed by atoms with Crippen LogP contribution in [0.2, 0.25) is 0 Å². The van der Waals surface area contributed by atoms with Crippen molar-refractivity contribution in [2.75, 3.05) is 0 Å². The molecule has 0 bridgehead atoms. The number of hydrogen-bond donors (Lipinski definition) is 1. The Morgan fingerprint density at radius 3 is 2.44 bits per heavy atom. The molecule has 2 heteroatoms. The molecule has 0 aromatic rings. The van der Waals surface area contributed by atoms with Crippen molar-refractivity contribution in [2.24, 2.45) is 10.3 Å². The van der Waals surface area contributed by atoms with Gasteiger partial charge < -0.3 is 0 Å². The van der Waals surface area contributed by atoms with Crippen LogP contribution < -0.4 is 0 Å². The van der Waals surface area contributed by atoms with Crippen LogP contribution in [0, 0.1) is 5.92 Å². The second-order valence-corrected chi connectivity index (χ2v) is 2.54. The second-order valence-electron chi connectivity index (χ2n) is 2.34. The van der Waals surface area contributed by atoms with Crippen molar-refractivity contribution in [2.45, 2.75) is 20.8 Å². The van der Waals surface area contributed by atoms with Gasteiger partial charge in [-0.15, -0.1) is 0 Å². The lowest BCUT2D eigenvalue weighted by atomic mass is 10.2. The fourth-order valence-electron chi connectivity index (χ4n) is 0.365. The van der Waals surface area contributed by atoms with E-state index in [1.165, 1.54) is 0 Å². The summed E-state index contributed by atoms with van der Waals surface area (Å²) in [5, 5.41) is 0. The standard InChI is InChI=1S/C7H13NS/c1-6(2)4-5-7(3)8-9/h4-6,9H,1-3H3/b5-4-,8-7-. The van der Waals surface area contributed by atoms with Gasteiger partial charge in [-0.3, -0.25) is 0 Å². The van der Waals surface area contributed by atoms with Crippen LogP contribution in [0.15, 0.2) is 16.5 Å². The Labute approximate surface area is 62.4 Å². The predicted molar refractivity (Wildman–Crippen MR) is 46.1 cm³/mol. The fourth-order valence-corrected chi connectivity index (χ4v) is 0.432. The fraction of sp³-hybridized carbons (Fsp3) is 0.571. The van der Waals surface area contributed by atoms with Gasteiger partial charge in [0.2, 0.25) is 0 Å². The van der Waals surface area contributed by atoms with Crippen molar-refractivity contribution in [3.63, 3.8) is 0 Å². The molecule has 0 aromatic heterocycles. The first-order valence-electron chi connectivity index (χ1n) is 3.03. The highest BCUT2D eigenvalue weighted by Gasteiger charge is 1.83. The maximum absolute atomic E-state index is 3.75. The normalized spacial score (nSPS) is 13.7. The first-order valence-corrected chi connectivity index (χ1v) is 3.43. The van der Waals surface area contributed by atoms with Crippen molar-refractivity contribution in [1.29, 1.82) is 0 Å². The van der Waals surface area contributed by atoms with Crippen LogP contribution in [0.5, 0.6) is 0 Å². The first kappa shape index (κ1) is 8.76. The zero-order valence-corrected chi connectivity index (χ0v) is 7.02. The van der Waals surface area contributed by atoms with E-state index in [0.717, 1.165) is 5.71 Å². The van der Waals surface area contributed by atoms with Crippen molar-refractivity contribution in [3.8, 4) is 0 Å². The van der Waals surface area contributed by atoms with Gasteiger partial charge in [0.25, 0.3) is 0 Å². The maximum Gasteiger partial charge on any atom is 0.0449 e. The van der Waals surface area contributed by atoms with Crippen LogP contribution in [0.3, 0.4) is 0 Å². The Hall–Kier alpha value is -0.240. The smallest absolute Gasteiger partial charge is 0.0449 e. The lowest BCUT2D eigenvalue weighted by molar-refractivity contribution is 0.832. The molecule has 0 aliphatic rings. The molecular formula is C7H13NS. The lowest BCUT2D eigenvalue weighted by Crippen LogP contribution is -1.83. The highest BCUT2D eigenvalue weighted by Crippen LogP contribution is 1.94. The number of nitrogens with zero attached hydrogens (tertiary/aromatic N) is 1. The van der Waals surface area contributed by atoms with E-state index in [4.69, 9.17) is 0 Å². The minimum absolute atomic E-state index is 0.593. The van der Waals surface area contributed by atoms with E-state index >= 15 is 0 Å². The van der Waals surface area contributed by atoms with Crippen LogP contribution in [-0.2, 0) is 0 Å². The predicted octanol–water partition coefficient (Wildman–Crippen LogP) is 2.50. The van der Waals surface area contributed by atoms with Gasteiger partial charge in [-0.1, -0.05) is 19.9 Å². The average Bonchev–Trinajstić information content (AvgIpc) is 1.83. The van der Waals surface area contributed by atoms with E-state index in [9.17, 15) is 0 Å². The molecule has 0 aromatic carbocycles. The molecule has 0 atom stereocenters. The van der Waals surface area contributed by atoms with Crippen LogP contribution in [0.4, 0.5) is 0 Å². The number of thiol groups is 1. The monoisotopic (exact) mass is 143 g/mol. The SMILES string of the molecule is CC(/C=C\C(C)C)=N/S. The summed E-state index contributed by atoms with van der Waals surface area (Å²) in [6.07, 6.45) is 4.06. The zero-order chi connectivity index (χ0) is 7.28. The van der Waals surface area contributed by atoms with Gasteiger partial charge in [0, 0.05) is 5.71 Å². The molecule has 0 fully saturated rings. The third-order valence-corrected chi connectivity index (χ3v) is 1.20. The Morgan fingerprint density at radius 2 is 2.11 bits per heavy atom. The van der Waals surface area contributed by atoms with Gasteiger partial charge in [-0.25, -0.2) is 4.40 Å². The minimum atomic E-state index is 0.593. The molecule has 0 aliphatic carbocycles. The van der Waals surface area contributed by atoms with E-state index in [-0.39, 0.29) is 0 Å². The van der Waals surface area contributed by atoms with Crippen LogP contribution in [0.1, 0.15) is 20.8 Å². The van der Waals surface area contributed by atoms with E-state index in [2.05, 4.69) is 37.1 Å². The number of rotatable bonds is 2. The van der Waals surface area contributed by atoms with Crippen molar-refractivity contribution >= 4 is 18.5 Å². The minimum Gasteiger partial charge on any atom is -0.225 e. The third kappa shape index (κ3) is 5.63. The highest BCUT2D eigenvalue weighted by atomic mass is 32.1. The molecule has 0 spiro atoms. The van der Waals surface area contributed by atoms with Crippen LogP contribution in [0.25, 0.3) is 0 Å². The molecule has 0 unspecified atom stereocenters. The molecule has 1 nitrogen and oxygen atoms in total. The first-order chi connectivity index (χ1) is 4.16. The van der Waals surface area contributed by atoms with E-state index < -0.39 is 0 Å². The van der Waals surface area contributed by atoms with Crippen molar-refractivity contribution in [1.82, 2.24) is 0 Å². The summed E-state index contributed by atoms with van der Waals surface area (Å²) >= 11 is 3.75. The Morgan fingerprint density at radius 1 is 1.56 bits per heavy atom. The molecule has 0 saturated carbocycles. The average molecular weight is 143 g/mol. The molecule has 0 radical (unpaired) electrons. The highest BCUT2D eigenvalue weighted by molar-refractivity contribution is 7.79. The number of hydrogen-bond acceptors (Lipinski definition) is 2. The third-order valence-electron chi connectivity index (χ3n) is 0.880. The summed E-state index contributed by atoms with van der Waals surface area (Å²) in [4.78, 5) is 0. The molecule has 52 valence electrons. The van der Waals surface area contributed by atoms with E-state index in [1.807, 2.05) is 13.0 Å². The van der Waals surface area contributed by atoms with Gasteiger partial charge in [0.1, 0.15) is 0 Å². The lowest BCUT2D eigenvalue weighted by Gasteiger charge is -1.91. The Bertz CT molecular complexity index is 125. The molecule has 0 heterocycles. The van der Waals surface area contributed by atoms with Gasteiger partial charge in [0.15, 0.2) is 0 Å². The quantitative estimate of drug-likeness (QED) is 0.450. The molecule has 0 amide bonds. The van der Waals surface area contributed by atoms with Crippen molar-refractivity contribution < 1.29 is 0 Å². The van der Waals surface area contributed by atoms with Crippen LogP contribution in [-0.4, -0.2) is 5.71 Å². The van der Waals surface area contributed by atoms with Crippen molar-refractivity contribution in [3.05, 3.63) is 12.2 Å². The molecule has 0 aliphatic heterocycles. The Balaban J connectivity index is 3.71.